The third-order valence-electron chi connectivity index (χ3n) is 6.65. The Balaban J connectivity index is 1.54. The van der Waals surface area contributed by atoms with Gasteiger partial charge in [-0.3, -0.25) is 0 Å². The van der Waals surface area contributed by atoms with Crippen LogP contribution in [0.3, 0.4) is 0 Å². The Morgan fingerprint density at radius 3 is 2.75 bits per heavy atom. The lowest BCUT2D eigenvalue weighted by Crippen LogP contribution is -2.57. The molecule has 0 saturated carbocycles. The van der Waals surface area contributed by atoms with Gasteiger partial charge in [-0.05, 0) is 81.7 Å². The van der Waals surface area contributed by atoms with Crippen molar-refractivity contribution in [3.63, 3.8) is 0 Å². The van der Waals surface area contributed by atoms with E-state index in [2.05, 4.69) is 79.4 Å². The minimum Gasteiger partial charge on any atom is -0.422 e. The minimum absolute atomic E-state index is 0.0594. The first-order chi connectivity index (χ1) is 15.3. The summed E-state index contributed by atoms with van der Waals surface area (Å²) in [4.78, 5) is 17.7. The highest BCUT2D eigenvalue weighted by atomic mass is 16.4. The second kappa shape index (κ2) is 7.82. The van der Waals surface area contributed by atoms with Gasteiger partial charge >= 0.3 is 5.63 Å². The normalized spacial score (nSPS) is 20.8. The number of anilines is 1. The summed E-state index contributed by atoms with van der Waals surface area (Å²) in [5.74, 6) is 0. The summed E-state index contributed by atoms with van der Waals surface area (Å²) >= 11 is 0. The van der Waals surface area contributed by atoms with Crippen molar-refractivity contribution in [3.05, 3.63) is 81.5 Å². The van der Waals surface area contributed by atoms with Crippen LogP contribution in [0.4, 0.5) is 5.69 Å². The van der Waals surface area contributed by atoms with Gasteiger partial charge in [0.1, 0.15) is 5.58 Å². The van der Waals surface area contributed by atoms with Gasteiger partial charge in [-0.25, -0.2) is 4.79 Å². The van der Waals surface area contributed by atoms with E-state index in [1.807, 2.05) is 12.1 Å². The molecule has 3 aliphatic heterocycles. The lowest BCUT2D eigenvalue weighted by molar-refractivity contribution is 0.353. The molecule has 4 heterocycles. The van der Waals surface area contributed by atoms with E-state index in [4.69, 9.17) is 4.42 Å². The maximum Gasteiger partial charge on any atom is 0.344 e. The van der Waals surface area contributed by atoms with Crippen molar-refractivity contribution in [2.45, 2.75) is 39.7 Å². The summed E-state index contributed by atoms with van der Waals surface area (Å²) in [5.41, 5.74) is 6.68. The average molecular weight is 430 g/mol. The predicted molar refractivity (Wildman–Crippen MR) is 132 cm³/mol. The molecule has 0 spiro atoms. The molecule has 0 bridgehead atoms. The first kappa shape index (κ1) is 20.8. The largest absolute Gasteiger partial charge is 0.422 e. The molecule has 1 aromatic heterocycles. The molecule has 1 saturated heterocycles. The fourth-order valence-corrected chi connectivity index (χ4v) is 4.83. The molecule has 1 fully saturated rings. The van der Waals surface area contributed by atoms with Crippen molar-refractivity contribution in [2.24, 2.45) is 0 Å². The molecular formula is C27H31N3O2. The zero-order valence-corrected chi connectivity index (χ0v) is 19.4. The molecule has 166 valence electrons. The van der Waals surface area contributed by atoms with Gasteiger partial charge in [0.2, 0.25) is 0 Å². The van der Waals surface area contributed by atoms with E-state index in [9.17, 15) is 4.79 Å². The fourth-order valence-electron chi connectivity index (χ4n) is 4.83. The van der Waals surface area contributed by atoms with E-state index in [1.54, 1.807) is 0 Å². The zero-order chi connectivity index (χ0) is 22.5. The molecule has 0 radical (unpaired) electrons. The number of benzene rings is 1. The molecule has 32 heavy (non-hydrogen) atoms. The maximum atomic E-state index is 13.1. The Kier molecular flexibility index (Phi) is 5.09. The van der Waals surface area contributed by atoms with Crippen LogP contribution < -0.4 is 15.8 Å². The highest BCUT2D eigenvalue weighted by Crippen LogP contribution is 2.31. The van der Waals surface area contributed by atoms with Crippen LogP contribution in [0.15, 0.2) is 74.7 Å². The highest BCUT2D eigenvalue weighted by molar-refractivity contribution is 5.86. The number of hydrogen-bond acceptors (Lipinski definition) is 5. The van der Waals surface area contributed by atoms with Crippen molar-refractivity contribution in [1.82, 2.24) is 10.2 Å². The number of allylic oxidation sites excluding steroid dienone is 5. The summed E-state index contributed by atoms with van der Waals surface area (Å²) in [6, 6.07) is 8.22. The van der Waals surface area contributed by atoms with Gasteiger partial charge in [0.15, 0.2) is 0 Å². The summed E-state index contributed by atoms with van der Waals surface area (Å²) in [6.45, 7) is 12.3. The fraction of sp³-hybridized carbons (Fsp3) is 0.370. The molecular weight excluding hydrogens is 398 g/mol. The molecule has 1 N–H and O–H groups in total. The summed E-state index contributed by atoms with van der Waals surface area (Å²) in [7, 11) is 0. The lowest BCUT2D eigenvalue weighted by atomic mass is 9.98. The third-order valence-corrected chi connectivity index (χ3v) is 6.65. The predicted octanol–water partition coefficient (Wildman–Crippen LogP) is 4.82. The average Bonchev–Trinajstić information content (AvgIpc) is 2.90. The van der Waals surface area contributed by atoms with Crippen LogP contribution in [0.25, 0.3) is 16.5 Å². The van der Waals surface area contributed by atoms with Crippen LogP contribution in [0.1, 0.15) is 39.7 Å². The van der Waals surface area contributed by atoms with Gasteiger partial charge in [0, 0.05) is 60.8 Å². The molecule has 3 aliphatic rings. The van der Waals surface area contributed by atoms with E-state index >= 15 is 0 Å². The van der Waals surface area contributed by atoms with Crippen LogP contribution in [0, 0.1) is 0 Å². The molecule has 0 aliphatic carbocycles. The second-order valence-electron chi connectivity index (χ2n) is 9.81. The Morgan fingerprint density at radius 2 is 1.94 bits per heavy atom. The first-order valence-corrected chi connectivity index (χ1v) is 11.4. The Labute approximate surface area is 189 Å². The number of nitrogens with zero attached hydrogens (tertiary/aromatic N) is 2. The molecule has 1 aromatic carbocycles. The molecule has 0 atom stereocenters. The topological polar surface area (TPSA) is 48.7 Å². The van der Waals surface area contributed by atoms with Crippen LogP contribution in [-0.4, -0.2) is 36.6 Å². The monoisotopic (exact) mass is 429 g/mol. The SMILES string of the molecule is CC1=CC2=CC(c3cc4ccc(N5CCNC(C)(C)C5)cc4oc3=O)=C(C)CCN2C=C1. The molecule has 5 rings (SSSR count). The van der Waals surface area contributed by atoms with E-state index < -0.39 is 0 Å². The van der Waals surface area contributed by atoms with Gasteiger partial charge in [-0.15, -0.1) is 0 Å². The summed E-state index contributed by atoms with van der Waals surface area (Å²) in [5, 5.41) is 4.49. The van der Waals surface area contributed by atoms with E-state index in [-0.39, 0.29) is 11.2 Å². The van der Waals surface area contributed by atoms with Gasteiger partial charge in [-0.1, -0.05) is 5.57 Å². The van der Waals surface area contributed by atoms with Crippen LogP contribution in [-0.2, 0) is 0 Å². The molecule has 0 amide bonds. The Morgan fingerprint density at radius 1 is 1.09 bits per heavy atom. The zero-order valence-electron chi connectivity index (χ0n) is 19.4. The molecule has 5 nitrogen and oxygen atoms in total. The number of piperazine rings is 1. The van der Waals surface area contributed by atoms with Crippen molar-refractivity contribution >= 4 is 22.2 Å². The summed E-state index contributed by atoms with van der Waals surface area (Å²) in [6.07, 6.45) is 9.45. The van der Waals surface area contributed by atoms with Crippen molar-refractivity contribution in [1.29, 1.82) is 0 Å². The second-order valence-corrected chi connectivity index (χ2v) is 9.81. The van der Waals surface area contributed by atoms with E-state index in [1.165, 1.54) is 11.1 Å². The Bertz CT molecular complexity index is 1260. The van der Waals surface area contributed by atoms with Crippen molar-refractivity contribution in [2.75, 3.05) is 31.1 Å². The number of nitrogens with one attached hydrogen (secondary N) is 1. The Hall–Kier alpha value is -3.05. The first-order valence-electron chi connectivity index (χ1n) is 11.4. The number of hydrogen-bond donors (Lipinski definition) is 1. The molecule has 5 heteroatoms. The van der Waals surface area contributed by atoms with Gasteiger partial charge < -0.3 is 19.5 Å². The standard InChI is InChI=1S/C27H31N3O2/c1-18-7-10-29-11-8-19(2)23(15-22(29)13-18)24-14-20-5-6-21(16-25(20)32-26(24)31)30-12-9-28-27(3,4)17-30/h5-7,10,13-16,28H,8-9,11-12,17H2,1-4H3. The van der Waals surface area contributed by atoms with Crippen molar-refractivity contribution < 1.29 is 4.42 Å². The van der Waals surface area contributed by atoms with E-state index in [0.717, 1.165) is 54.9 Å². The van der Waals surface area contributed by atoms with Gasteiger partial charge in [-0.2, -0.15) is 0 Å². The van der Waals surface area contributed by atoms with Gasteiger partial charge in [0.25, 0.3) is 0 Å². The minimum atomic E-state index is -0.276. The van der Waals surface area contributed by atoms with E-state index in [0.29, 0.717) is 11.1 Å². The smallest absolute Gasteiger partial charge is 0.344 e. The third kappa shape index (κ3) is 3.93. The van der Waals surface area contributed by atoms with Gasteiger partial charge in [0.05, 0.1) is 5.56 Å². The molecule has 0 unspecified atom stereocenters. The van der Waals surface area contributed by atoms with Crippen molar-refractivity contribution in [3.8, 4) is 0 Å². The molecule has 2 aromatic rings. The quantitative estimate of drug-likeness (QED) is 0.694. The lowest BCUT2D eigenvalue weighted by Gasteiger charge is -2.40. The number of fused-ring (bicyclic) bond motifs is 2. The number of rotatable bonds is 2. The van der Waals surface area contributed by atoms with Crippen LogP contribution >= 0.6 is 0 Å². The highest BCUT2D eigenvalue weighted by Gasteiger charge is 2.26. The summed E-state index contributed by atoms with van der Waals surface area (Å²) < 4.78 is 5.87. The van der Waals surface area contributed by atoms with Crippen LogP contribution in [0.5, 0.6) is 0 Å². The van der Waals surface area contributed by atoms with Crippen LogP contribution in [0.2, 0.25) is 0 Å². The maximum absolute atomic E-state index is 13.1.